The van der Waals surface area contributed by atoms with E-state index in [1.165, 1.54) is 18.3 Å². The van der Waals surface area contributed by atoms with Gasteiger partial charge in [-0.05, 0) is 29.8 Å². The molecule has 0 unspecified atom stereocenters. The van der Waals surface area contributed by atoms with Crippen LogP contribution in [0.25, 0.3) is 11.0 Å². The van der Waals surface area contributed by atoms with Crippen molar-refractivity contribution in [2.75, 3.05) is 0 Å². The Labute approximate surface area is 168 Å². The van der Waals surface area contributed by atoms with Gasteiger partial charge in [-0.3, -0.25) is 0 Å². The maximum Gasteiger partial charge on any atom is 0.352 e. The molecule has 0 amide bonds. The summed E-state index contributed by atoms with van der Waals surface area (Å²) < 4.78 is 10.2. The average Bonchev–Trinajstić information content (AvgIpc) is 2.54. The van der Waals surface area contributed by atoms with Gasteiger partial charge in [-0.25, -0.2) is 14.6 Å². The van der Waals surface area contributed by atoms with Crippen LogP contribution in [-0.4, -0.2) is 11.0 Å². The standard InChI is InChI=1S/C16H10ClNO4.CH3.Y/c17-9-10-4-5-13-11(7-10)8-12(15(19)21-13)16(20)22-14-3-1-2-6-18-14;;/h1-8H,9H2;1H3;/q;-1;. The van der Waals surface area contributed by atoms with E-state index < -0.39 is 11.6 Å². The summed E-state index contributed by atoms with van der Waals surface area (Å²) in [5, 5.41) is 0.603. The fourth-order valence-corrected chi connectivity index (χ4v) is 2.12. The second-order valence-corrected chi connectivity index (χ2v) is 4.78. The van der Waals surface area contributed by atoms with Crippen molar-refractivity contribution in [2.24, 2.45) is 0 Å². The van der Waals surface area contributed by atoms with Crippen LogP contribution in [-0.2, 0) is 38.6 Å². The first kappa shape index (κ1) is 20.5. The van der Waals surface area contributed by atoms with Gasteiger partial charge in [-0.15, -0.1) is 11.6 Å². The number of halogens is 1. The van der Waals surface area contributed by atoms with E-state index in [0.717, 1.165) is 5.56 Å². The van der Waals surface area contributed by atoms with Crippen LogP contribution in [0.1, 0.15) is 15.9 Å². The first-order valence-corrected chi connectivity index (χ1v) is 6.97. The zero-order chi connectivity index (χ0) is 15.5. The smallest absolute Gasteiger partial charge is 0.352 e. The molecule has 3 aromatic rings. The molecule has 0 aliphatic heterocycles. The Morgan fingerprint density at radius 2 is 2.00 bits per heavy atom. The molecule has 2 aromatic heterocycles. The molecule has 1 radical (unpaired) electrons. The van der Waals surface area contributed by atoms with Crippen LogP contribution >= 0.6 is 11.6 Å². The Hall–Kier alpha value is -1.56. The van der Waals surface area contributed by atoms with E-state index in [1.54, 1.807) is 30.3 Å². The molecule has 3 rings (SSSR count). The fourth-order valence-electron chi connectivity index (χ4n) is 1.96. The summed E-state index contributed by atoms with van der Waals surface area (Å²) in [5.41, 5.74) is 0.289. The zero-order valence-electron chi connectivity index (χ0n) is 12.9. The van der Waals surface area contributed by atoms with Gasteiger partial charge in [0.15, 0.2) is 0 Å². The zero-order valence-corrected chi connectivity index (χ0v) is 16.5. The number of carbonyl (C=O) groups is 1. The van der Waals surface area contributed by atoms with E-state index in [1.807, 2.05) is 0 Å². The monoisotopic (exact) mass is 419 g/mol. The fraction of sp³-hybridized carbons (Fsp3) is 0.0588. The second-order valence-electron chi connectivity index (χ2n) is 4.51. The molecule has 0 saturated carbocycles. The van der Waals surface area contributed by atoms with Crippen LogP contribution in [0.3, 0.4) is 0 Å². The molecule has 24 heavy (non-hydrogen) atoms. The third kappa shape index (κ3) is 4.50. The summed E-state index contributed by atoms with van der Waals surface area (Å²) in [4.78, 5) is 27.9. The molecule has 0 atom stereocenters. The van der Waals surface area contributed by atoms with Gasteiger partial charge in [0.05, 0.1) is 0 Å². The number of esters is 1. The summed E-state index contributed by atoms with van der Waals surface area (Å²) in [5.74, 6) is -0.380. The average molecular weight is 420 g/mol. The second kappa shape index (κ2) is 9.06. The van der Waals surface area contributed by atoms with Crippen molar-refractivity contribution in [3.8, 4) is 5.88 Å². The van der Waals surface area contributed by atoms with Crippen molar-refractivity contribution in [1.82, 2.24) is 4.98 Å². The minimum Gasteiger partial charge on any atom is -0.422 e. The molecular formula is C17H13ClNO4Y-. The van der Waals surface area contributed by atoms with E-state index in [9.17, 15) is 9.59 Å². The van der Waals surface area contributed by atoms with Gasteiger partial charge in [-0.2, -0.15) is 0 Å². The third-order valence-corrected chi connectivity index (χ3v) is 3.31. The van der Waals surface area contributed by atoms with Crippen molar-refractivity contribution in [2.45, 2.75) is 5.88 Å². The minimum atomic E-state index is -0.814. The third-order valence-electron chi connectivity index (χ3n) is 3.01. The molecule has 121 valence electrons. The SMILES string of the molecule is O=C(Oc1ccccn1)c1cc2cc(CCl)ccc2oc1=O.[CH3-].[Y]. The van der Waals surface area contributed by atoms with Crippen LogP contribution in [0, 0.1) is 7.43 Å². The van der Waals surface area contributed by atoms with Gasteiger partial charge >= 0.3 is 11.6 Å². The molecule has 1 aromatic carbocycles. The molecule has 7 heteroatoms. The van der Waals surface area contributed by atoms with Crippen LogP contribution in [0.15, 0.2) is 57.9 Å². The molecule has 0 N–H and O–H groups in total. The molecule has 5 nitrogen and oxygen atoms in total. The maximum absolute atomic E-state index is 12.1. The Bertz CT molecular complexity index is 896. The first-order chi connectivity index (χ1) is 10.7. The first-order valence-electron chi connectivity index (χ1n) is 6.43. The van der Waals surface area contributed by atoms with Gasteiger partial charge in [-0.1, -0.05) is 12.1 Å². The number of fused-ring (bicyclic) bond motifs is 1. The van der Waals surface area contributed by atoms with E-state index in [-0.39, 0.29) is 51.6 Å². The largest absolute Gasteiger partial charge is 0.422 e. The molecule has 0 spiro atoms. The summed E-state index contributed by atoms with van der Waals surface area (Å²) >= 11 is 5.78. The number of aromatic nitrogens is 1. The van der Waals surface area contributed by atoms with Gasteiger partial charge in [0.2, 0.25) is 5.88 Å². The Morgan fingerprint density at radius 3 is 2.67 bits per heavy atom. The summed E-state index contributed by atoms with van der Waals surface area (Å²) in [7, 11) is 0. The van der Waals surface area contributed by atoms with Crippen molar-refractivity contribution < 1.29 is 46.7 Å². The Kier molecular flexibility index (Phi) is 7.74. The molecule has 0 saturated heterocycles. The predicted molar refractivity (Wildman–Crippen MR) is 87.7 cm³/mol. The molecule has 0 aliphatic rings. The Balaban J connectivity index is 0.00000144. The number of hydrogen-bond donors (Lipinski definition) is 0. The number of rotatable bonds is 3. The number of benzene rings is 1. The molecule has 0 bridgehead atoms. The number of pyridine rings is 1. The van der Waals surface area contributed by atoms with Gasteiger partial charge in [0, 0.05) is 56.2 Å². The van der Waals surface area contributed by atoms with E-state index in [2.05, 4.69) is 4.98 Å². The number of carbonyl (C=O) groups excluding carboxylic acids is 1. The quantitative estimate of drug-likeness (QED) is 0.281. The van der Waals surface area contributed by atoms with Crippen LogP contribution in [0.4, 0.5) is 0 Å². The predicted octanol–water partition coefficient (Wildman–Crippen LogP) is 3.59. The molecule has 0 fully saturated rings. The van der Waals surface area contributed by atoms with E-state index >= 15 is 0 Å². The molecular weight excluding hydrogens is 407 g/mol. The minimum absolute atomic E-state index is 0. The van der Waals surface area contributed by atoms with E-state index in [4.69, 9.17) is 20.8 Å². The normalized spacial score (nSPS) is 9.71. The summed E-state index contributed by atoms with van der Waals surface area (Å²) in [6.07, 6.45) is 1.48. The molecule has 0 aliphatic carbocycles. The van der Waals surface area contributed by atoms with Crippen LogP contribution in [0.5, 0.6) is 5.88 Å². The van der Waals surface area contributed by atoms with Gasteiger partial charge in [0.25, 0.3) is 0 Å². The number of nitrogens with zero attached hydrogens (tertiary/aromatic N) is 1. The Morgan fingerprint density at radius 1 is 1.21 bits per heavy atom. The number of alkyl halides is 1. The topological polar surface area (TPSA) is 69.4 Å². The van der Waals surface area contributed by atoms with Crippen molar-refractivity contribution in [3.05, 3.63) is 77.6 Å². The number of hydrogen-bond acceptors (Lipinski definition) is 5. The number of ether oxygens (including phenoxy) is 1. The van der Waals surface area contributed by atoms with Crippen molar-refractivity contribution in [1.29, 1.82) is 0 Å². The van der Waals surface area contributed by atoms with Crippen LogP contribution < -0.4 is 10.4 Å². The van der Waals surface area contributed by atoms with Crippen molar-refractivity contribution in [3.63, 3.8) is 0 Å². The maximum atomic E-state index is 12.1. The van der Waals surface area contributed by atoms with E-state index in [0.29, 0.717) is 16.8 Å². The van der Waals surface area contributed by atoms with Crippen LogP contribution in [0.2, 0.25) is 0 Å². The van der Waals surface area contributed by atoms with Crippen molar-refractivity contribution >= 4 is 28.5 Å². The van der Waals surface area contributed by atoms with Gasteiger partial charge < -0.3 is 16.6 Å². The van der Waals surface area contributed by atoms with Gasteiger partial charge in [0.1, 0.15) is 11.1 Å². The summed E-state index contributed by atoms with van der Waals surface area (Å²) in [6, 6.07) is 11.5. The molecule has 2 heterocycles. The summed E-state index contributed by atoms with van der Waals surface area (Å²) in [6.45, 7) is 0.